The lowest BCUT2D eigenvalue weighted by atomic mass is 10.1. The molecule has 0 unspecified atom stereocenters. The molecular weight excluding hydrogens is 302 g/mol. The third-order valence-electron chi connectivity index (χ3n) is 3.16. The molecule has 100 valence electrons. The van der Waals surface area contributed by atoms with Gasteiger partial charge in [0, 0.05) is 27.8 Å². The molecule has 1 aromatic heterocycles. The van der Waals surface area contributed by atoms with Gasteiger partial charge in [-0.05, 0) is 39.3 Å². The molecule has 2 rings (SSSR count). The average Bonchev–Trinajstić information content (AvgIpc) is 2.38. The topological polar surface area (TPSA) is 37.8 Å². The fourth-order valence-corrected chi connectivity index (χ4v) is 2.21. The Morgan fingerprint density at radius 2 is 1.89 bits per heavy atom. The second-order valence-electron chi connectivity index (χ2n) is 4.60. The molecule has 1 N–H and O–H groups in total. The molecule has 0 aliphatic carbocycles. The number of benzene rings is 1. The fraction of sp³-hybridized carbons (Fsp3) is 0.333. The average molecular weight is 320 g/mol. The molecule has 0 spiro atoms. The highest BCUT2D eigenvalue weighted by Crippen LogP contribution is 2.25. The van der Waals surface area contributed by atoms with Gasteiger partial charge in [0.15, 0.2) is 5.82 Å². The van der Waals surface area contributed by atoms with E-state index in [1.165, 1.54) is 5.56 Å². The van der Waals surface area contributed by atoms with Crippen molar-refractivity contribution in [2.75, 3.05) is 11.9 Å². The standard InChI is InChI=1S/C15H18BrN3/c1-5-17-14-10(3)11(4)18-15(19-14)12-7-6-9(2)13(16)8-12/h6-8H,5H2,1-4H3,(H,17,18,19). The summed E-state index contributed by atoms with van der Waals surface area (Å²) in [6.45, 7) is 9.05. The molecule has 0 saturated carbocycles. The maximum atomic E-state index is 4.62. The van der Waals surface area contributed by atoms with Crippen LogP contribution in [0.15, 0.2) is 22.7 Å². The minimum atomic E-state index is 0.764. The summed E-state index contributed by atoms with van der Waals surface area (Å²) in [4.78, 5) is 9.21. The lowest BCUT2D eigenvalue weighted by molar-refractivity contribution is 1.05. The van der Waals surface area contributed by atoms with Crippen molar-refractivity contribution in [3.63, 3.8) is 0 Å². The Kier molecular flexibility index (Phi) is 4.20. The molecule has 0 radical (unpaired) electrons. The van der Waals surface area contributed by atoms with Crippen LogP contribution in [0.1, 0.15) is 23.7 Å². The second kappa shape index (κ2) is 5.70. The summed E-state index contributed by atoms with van der Waals surface area (Å²) < 4.78 is 1.08. The Morgan fingerprint density at radius 1 is 1.16 bits per heavy atom. The van der Waals surface area contributed by atoms with Crippen LogP contribution in [0.3, 0.4) is 0 Å². The Hall–Kier alpha value is -1.42. The number of nitrogens with one attached hydrogen (secondary N) is 1. The van der Waals surface area contributed by atoms with Crippen molar-refractivity contribution >= 4 is 21.7 Å². The first-order valence-electron chi connectivity index (χ1n) is 6.38. The predicted molar refractivity (Wildman–Crippen MR) is 83.5 cm³/mol. The van der Waals surface area contributed by atoms with E-state index in [9.17, 15) is 0 Å². The predicted octanol–water partition coefficient (Wildman–Crippen LogP) is 4.26. The van der Waals surface area contributed by atoms with Crippen molar-refractivity contribution in [2.45, 2.75) is 27.7 Å². The summed E-state index contributed by atoms with van der Waals surface area (Å²) in [6.07, 6.45) is 0. The summed E-state index contributed by atoms with van der Waals surface area (Å²) in [6, 6.07) is 6.19. The lowest BCUT2D eigenvalue weighted by Crippen LogP contribution is -2.06. The van der Waals surface area contributed by atoms with E-state index >= 15 is 0 Å². The van der Waals surface area contributed by atoms with Gasteiger partial charge in [-0.25, -0.2) is 9.97 Å². The van der Waals surface area contributed by atoms with Gasteiger partial charge in [-0.3, -0.25) is 0 Å². The Morgan fingerprint density at radius 3 is 2.53 bits per heavy atom. The van der Waals surface area contributed by atoms with Crippen molar-refractivity contribution in [1.82, 2.24) is 9.97 Å². The molecule has 3 nitrogen and oxygen atoms in total. The number of aryl methyl sites for hydroxylation is 2. The Labute approximate surface area is 122 Å². The molecule has 2 aromatic rings. The maximum absolute atomic E-state index is 4.62. The molecule has 0 aliphatic rings. The molecule has 0 saturated heterocycles. The molecule has 1 heterocycles. The minimum Gasteiger partial charge on any atom is -0.370 e. The molecule has 0 atom stereocenters. The van der Waals surface area contributed by atoms with E-state index in [1.807, 2.05) is 13.8 Å². The number of nitrogens with zero attached hydrogens (tertiary/aromatic N) is 2. The molecule has 1 aromatic carbocycles. The van der Waals surface area contributed by atoms with Gasteiger partial charge in [0.1, 0.15) is 5.82 Å². The lowest BCUT2D eigenvalue weighted by Gasteiger charge is -2.11. The van der Waals surface area contributed by atoms with Crippen molar-refractivity contribution < 1.29 is 0 Å². The number of hydrogen-bond acceptors (Lipinski definition) is 3. The highest BCUT2D eigenvalue weighted by molar-refractivity contribution is 9.10. The van der Waals surface area contributed by atoms with Crippen molar-refractivity contribution in [2.24, 2.45) is 0 Å². The highest BCUT2D eigenvalue weighted by Gasteiger charge is 2.09. The van der Waals surface area contributed by atoms with Crippen molar-refractivity contribution in [1.29, 1.82) is 0 Å². The Bertz CT molecular complexity index is 609. The summed E-state index contributed by atoms with van der Waals surface area (Å²) in [5.41, 5.74) is 4.36. The van der Waals surface area contributed by atoms with Crippen LogP contribution in [0.25, 0.3) is 11.4 Å². The van der Waals surface area contributed by atoms with Crippen LogP contribution in [-0.2, 0) is 0 Å². The molecule has 0 bridgehead atoms. The van der Waals surface area contributed by atoms with E-state index in [2.05, 4.69) is 63.3 Å². The van der Waals surface area contributed by atoms with E-state index in [-0.39, 0.29) is 0 Å². The molecule has 4 heteroatoms. The fourth-order valence-electron chi connectivity index (χ4n) is 1.83. The van der Waals surface area contributed by atoms with Crippen LogP contribution < -0.4 is 5.32 Å². The first kappa shape index (κ1) is 14.0. The van der Waals surface area contributed by atoms with Crippen molar-refractivity contribution in [3.8, 4) is 11.4 Å². The first-order valence-corrected chi connectivity index (χ1v) is 7.18. The van der Waals surface area contributed by atoms with Gasteiger partial charge in [-0.2, -0.15) is 0 Å². The molecule has 0 amide bonds. The van der Waals surface area contributed by atoms with Gasteiger partial charge in [0.05, 0.1) is 0 Å². The third kappa shape index (κ3) is 2.95. The van der Waals surface area contributed by atoms with Gasteiger partial charge < -0.3 is 5.32 Å². The van der Waals surface area contributed by atoms with E-state index in [0.29, 0.717) is 0 Å². The van der Waals surface area contributed by atoms with Crippen LogP contribution in [0.4, 0.5) is 5.82 Å². The van der Waals surface area contributed by atoms with Crippen LogP contribution in [0.5, 0.6) is 0 Å². The first-order chi connectivity index (χ1) is 9.02. The maximum Gasteiger partial charge on any atom is 0.161 e. The van der Waals surface area contributed by atoms with Gasteiger partial charge in [0.2, 0.25) is 0 Å². The largest absolute Gasteiger partial charge is 0.370 e. The highest BCUT2D eigenvalue weighted by atomic mass is 79.9. The number of aromatic nitrogens is 2. The van der Waals surface area contributed by atoms with Crippen LogP contribution in [0, 0.1) is 20.8 Å². The molecule has 19 heavy (non-hydrogen) atoms. The van der Waals surface area contributed by atoms with Gasteiger partial charge >= 0.3 is 0 Å². The third-order valence-corrected chi connectivity index (χ3v) is 4.02. The van der Waals surface area contributed by atoms with E-state index < -0.39 is 0 Å². The number of anilines is 1. The zero-order valence-corrected chi connectivity index (χ0v) is 13.3. The minimum absolute atomic E-state index is 0.764. The number of rotatable bonds is 3. The van der Waals surface area contributed by atoms with E-state index in [1.54, 1.807) is 0 Å². The zero-order chi connectivity index (χ0) is 14.0. The molecule has 0 fully saturated rings. The van der Waals surface area contributed by atoms with Gasteiger partial charge in [0.25, 0.3) is 0 Å². The van der Waals surface area contributed by atoms with Crippen LogP contribution in [0.2, 0.25) is 0 Å². The van der Waals surface area contributed by atoms with Crippen LogP contribution >= 0.6 is 15.9 Å². The van der Waals surface area contributed by atoms with Gasteiger partial charge in [-0.15, -0.1) is 0 Å². The second-order valence-corrected chi connectivity index (χ2v) is 5.45. The Balaban J connectivity index is 2.52. The normalized spacial score (nSPS) is 10.6. The summed E-state index contributed by atoms with van der Waals surface area (Å²) in [5, 5.41) is 3.29. The van der Waals surface area contributed by atoms with Crippen molar-refractivity contribution in [3.05, 3.63) is 39.5 Å². The number of hydrogen-bond donors (Lipinski definition) is 1. The van der Waals surface area contributed by atoms with Gasteiger partial charge in [-0.1, -0.05) is 28.1 Å². The van der Waals surface area contributed by atoms with Crippen LogP contribution in [-0.4, -0.2) is 16.5 Å². The monoisotopic (exact) mass is 319 g/mol. The van der Waals surface area contributed by atoms with E-state index in [4.69, 9.17) is 0 Å². The quantitative estimate of drug-likeness (QED) is 0.918. The SMILES string of the molecule is CCNc1nc(-c2ccc(C)c(Br)c2)nc(C)c1C. The smallest absolute Gasteiger partial charge is 0.161 e. The number of halogens is 1. The summed E-state index contributed by atoms with van der Waals surface area (Å²) in [5.74, 6) is 1.68. The zero-order valence-electron chi connectivity index (χ0n) is 11.7. The molecular formula is C15H18BrN3. The van der Waals surface area contributed by atoms with E-state index in [0.717, 1.165) is 39.5 Å². The molecule has 0 aliphatic heterocycles. The summed E-state index contributed by atoms with van der Waals surface area (Å²) >= 11 is 3.55. The summed E-state index contributed by atoms with van der Waals surface area (Å²) in [7, 11) is 0.